The first-order valence-electron chi connectivity index (χ1n) is 12.0. The quantitative estimate of drug-likeness (QED) is 0.380. The van der Waals surface area contributed by atoms with E-state index in [1.165, 1.54) is 23.8 Å². The molecule has 1 saturated heterocycles. The molecular weight excluding hydrogens is 477 g/mol. The highest BCUT2D eigenvalue weighted by molar-refractivity contribution is 7.90. The summed E-state index contributed by atoms with van der Waals surface area (Å²) in [4.78, 5) is 17.5. The number of hydrogen-bond acceptors (Lipinski definition) is 4. The Morgan fingerprint density at radius 3 is 2.28 bits per heavy atom. The van der Waals surface area contributed by atoms with Crippen molar-refractivity contribution in [1.82, 2.24) is 14.4 Å². The monoisotopic (exact) mass is 505 g/mol. The fraction of sp³-hybridized carbons (Fsp3) is 0.250. The lowest BCUT2D eigenvalue weighted by molar-refractivity contribution is -0.133. The summed E-state index contributed by atoms with van der Waals surface area (Å²) in [7, 11) is -3.75. The predicted molar refractivity (Wildman–Crippen MR) is 138 cm³/mol. The summed E-state index contributed by atoms with van der Waals surface area (Å²) in [6.45, 7) is 3.78. The van der Waals surface area contributed by atoms with Crippen LogP contribution in [0.15, 0.2) is 90.0 Å². The van der Waals surface area contributed by atoms with Gasteiger partial charge >= 0.3 is 0 Å². The summed E-state index contributed by atoms with van der Waals surface area (Å²) in [5, 5.41) is 0.564. The average Bonchev–Trinajstić information content (AvgIpc) is 3.24. The Hall–Kier alpha value is -3.49. The van der Waals surface area contributed by atoms with Gasteiger partial charge in [0.2, 0.25) is 5.91 Å². The number of nitrogens with zero attached hydrogens (tertiary/aromatic N) is 3. The zero-order valence-electron chi connectivity index (χ0n) is 19.9. The van der Waals surface area contributed by atoms with E-state index < -0.39 is 15.7 Å². The van der Waals surface area contributed by atoms with Gasteiger partial charge in [-0.25, -0.2) is 12.8 Å². The maximum atomic E-state index is 13.6. The van der Waals surface area contributed by atoms with Crippen molar-refractivity contribution in [2.75, 3.05) is 26.2 Å². The van der Waals surface area contributed by atoms with E-state index >= 15 is 0 Å². The molecule has 5 rings (SSSR count). The lowest BCUT2D eigenvalue weighted by Crippen LogP contribution is -2.49. The molecule has 2 heterocycles. The molecule has 8 heteroatoms. The predicted octanol–water partition coefficient (Wildman–Crippen LogP) is 4.10. The molecule has 0 radical (unpaired) electrons. The molecule has 0 aliphatic carbocycles. The zero-order chi connectivity index (χ0) is 25.1. The van der Waals surface area contributed by atoms with E-state index in [2.05, 4.69) is 17.0 Å². The molecule has 1 aliphatic heterocycles. The number of fused-ring (bicyclic) bond motifs is 1. The molecule has 0 bridgehead atoms. The third-order valence-corrected chi connectivity index (χ3v) is 8.32. The lowest BCUT2D eigenvalue weighted by Gasteiger charge is -2.35. The van der Waals surface area contributed by atoms with Crippen LogP contribution in [0.5, 0.6) is 0 Å². The van der Waals surface area contributed by atoms with E-state index in [0.717, 1.165) is 19.6 Å². The Labute approximate surface area is 210 Å². The second-order valence-corrected chi connectivity index (χ2v) is 11.1. The number of amides is 1. The molecule has 0 spiro atoms. The molecule has 1 amide bonds. The van der Waals surface area contributed by atoms with Gasteiger partial charge in [-0.05, 0) is 29.3 Å². The number of para-hydroxylation sites is 1. The van der Waals surface area contributed by atoms with Gasteiger partial charge in [0.05, 0.1) is 10.6 Å². The molecule has 1 aliphatic rings. The van der Waals surface area contributed by atoms with Gasteiger partial charge in [0, 0.05) is 49.8 Å². The highest BCUT2D eigenvalue weighted by atomic mass is 32.2. The van der Waals surface area contributed by atoms with Gasteiger partial charge in [0.1, 0.15) is 12.4 Å². The summed E-state index contributed by atoms with van der Waals surface area (Å²) in [6.07, 6.45) is 1.54. The number of aromatic nitrogens is 1. The number of benzene rings is 3. The molecule has 0 N–H and O–H groups in total. The van der Waals surface area contributed by atoms with Gasteiger partial charge in [-0.15, -0.1) is 0 Å². The topological polar surface area (TPSA) is 62.6 Å². The van der Waals surface area contributed by atoms with Crippen molar-refractivity contribution in [1.29, 1.82) is 0 Å². The maximum absolute atomic E-state index is 13.6. The third-order valence-electron chi connectivity index (χ3n) is 6.61. The normalized spacial score (nSPS) is 14.9. The van der Waals surface area contributed by atoms with Gasteiger partial charge < -0.3 is 9.47 Å². The van der Waals surface area contributed by atoms with Crippen molar-refractivity contribution in [3.05, 3.63) is 102 Å². The standard InChI is InChI=1S/C28H28FN3O3S/c29-24-10-6-9-23(17-24)21-36(34,35)27-19-32(26-12-5-4-11-25(26)27)20-28(33)31-15-13-30(14-16-31)18-22-7-2-1-3-8-22/h1-12,17,19H,13-16,18,20-21H2. The first kappa shape index (κ1) is 24.2. The van der Waals surface area contributed by atoms with Gasteiger partial charge in [0.15, 0.2) is 9.84 Å². The van der Waals surface area contributed by atoms with Crippen LogP contribution < -0.4 is 0 Å². The Morgan fingerprint density at radius 1 is 0.833 bits per heavy atom. The molecule has 4 aromatic rings. The van der Waals surface area contributed by atoms with Gasteiger partial charge in [-0.1, -0.05) is 60.7 Å². The van der Waals surface area contributed by atoms with Crippen LogP contribution in [-0.2, 0) is 33.5 Å². The SMILES string of the molecule is O=C(Cn1cc(S(=O)(=O)Cc2cccc(F)c2)c2ccccc21)N1CCN(Cc2ccccc2)CC1. The minimum Gasteiger partial charge on any atom is -0.339 e. The summed E-state index contributed by atoms with van der Waals surface area (Å²) in [5.74, 6) is -0.820. The van der Waals surface area contributed by atoms with E-state index in [0.29, 0.717) is 29.6 Å². The minimum absolute atomic E-state index is 0.0378. The largest absolute Gasteiger partial charge is 0.339 e. The van der Waals surface area contributed by atoms with Crippen molar-refractivity contribution in [3.63, 3.8) is 0 Å². The Bertz CT molecular complexity index is 1480. The first-order chi connectivity index (χ1) is 17.4. The molecule has 36 heavy (non-hydrogen) atoms. The Kier molecular flexibility index (Phi) is 6.89. The molecule has 3 aromatic carbocycles. The van der Waals surface area contributed by atoms with E-state index in [1.54, 1.807) is 29.0 Å². The number of halogens is 1. The van der Waals surface area contributed by atoms with Crippen LogP contribution in [0.25, 0.3) is 10.9 Å². The van der Waals surface area contributed by atoms with Crippen LogP contribution in [0.4, 0.5) is 4.39 Å². The molecule has 186 valence electrons. The van der Waals surface area contributed by atoms with Gasteiger partial charge in [-0.2, -0.15) is 0 Å². The van der Waals surface area contributed by atoms with Crippen LogP contribution in [0, 0.1) is 5.82 Å². The fourth-order valence-electron chi connectivity index (χ4n) is 4.76. The molecule has 0 unspecified atom stereocenters. The number of sulfone groups is 1. The number of carbonyl (C=O) groups excluding carboxylic acids is 1. The van der Waals surface area contributed by atoms with Crippen LogP contribution in [0.2, 0.25) is 0 Å². The van der Waals surface area contributed by atoms with E-state index in [-0.39, 0.29) is 23.1 Å². The summed E-state index contributed by atoms with van der Waals surface area (Å²) >= 11 is 0. The number of hydrogen-bond donors (Lipinski definition) is 0. The number of carbonyl (C=O) groups is 1. The molecular formula is C28H28FN3O3S. The second kappa shape index (κ2) is 10.2. The van der Waals surface area contributed by atoms with Gasteiger partial charge in [0.25, 0.3) is 0 Å². The first-order valence-corrected chi connectivity index (χ1v) is 13.6. The van der Waals surface area contributed by atoms with E-state index in [9.17, 15) is 17.6 Å². The zero-order valence-corrected chi connectivity index (χ0v) is 20.7. The lowest BCUT2D eigenvalue weighted by atomic mass is 10.2. The summed E-state index contributed by atoms with van der Waals surface area (Å²) in [6, 6.07) is 23.1. The van der Waals surface area contributed by atoms with E-state index in [4.69, 9.17) is 0 Å². The van der Waals surface area contributed by atoms with Crippen molar-refractivity contribution < 1.29 is 17.6 Å². The smallest absolute Gasteiger partial charge is 0.242 e. The molecule has 1 fully saturated rings. The van der Waals surface area contributed by atoms with Crippen molar-refractivity contribution >= 4 is 26.6 Å². The molecule has 0 saturated carbocycles. The van der Waals surface area contributed by atoms with Crippen molar-refractivity contribution in [3.8, 4) is 0 Å². The van der Waals surface area contributed by atoms with E-state index in [1.807, 2.05) is 35.2 Å². The second-order valence-electron chi connectivity index (χ2n) is 9.17. The fourth-order valence-corrected chi connectivity index (χ4v) is 6.33. The summed E-state index contributed by atoms with van der Waals surface area (Å²) in [5.41, 5.74) is 2.32. The van der Waals surface area contributed by atoms with Crippen LogP contribution in [-0.4, -0.2) is 54.9 Å². The van der Waals surface area contributed by atoms with Gasteiger partial charge in [-0.3, -0.25) is 9.69 Å². The minimum atomic E-state index is -3.75. The third kappa shape index (κ3) is 5.34. The van der Waals surface area contributed by atoms with Crippen LogP contribution in [0.1, 0.15) is 11.1 Å². The summed E-state index contributed by atoms with van der Waals surface area (Å²) < 4.78 is 41.9. The Morgan fingerprint density at radius 2 is 1.53 bits per heavy atom. The Balaban J connectivity index is 1.30. The average molecular weight is 506 g/mol. The van der Waals surface area contributed by atoms with Crippen molar-refractivity contribution in [2.24, 2.45) is 0 Å². The van der Waals surface area contributed by atoms with Crippen LogP contribution >= 0.6 is 0 Å². The maximum Gasteiger partial charge on any atom is 0.242 e. The molecule has 6 nitrogen and oxygen atoms in total. The van der Waals surface area contributed by atoms with Crippen LogP contribution in [0.3, 0.4) is 0 Å². The highest BCUT2D eigenvalue weighted by Crippen LogP contribution is 2.28. The highest BCUT2D eigenvalue weighted by Gasteiger charge is 2.25. The number of piperazine rings is 1. The molecule has 0 atom stereocenters. The number of rotatable bonds is 7. The molecule has 1 aromatic heterocycles. The van der Waals surface area contributed by atoms with Crippen molar-refractivity contribution in [2.45, 2.75) is 23.7 Å².